The van der Waals surface area contributed by atoms with E-state index in [0.29, 0.717) is 5.92 Å². The molecule has 102 valence electrons. The first kappa shape index (κ1) is 12.0. The van der Waals surface area contributed by atoms with Crippen LogP contribution in [-0.4, -0.2) is 24.5 Å². The lowest BCUT2D eigenvalue weighted by atomic mass is 9.85. The fourth-order valence-electron chi connectivity index (χ4n) is 3.71. The van der Waals surface area contributed by atoms with Crippen molar-refractivity contribution in [3.05, 3.63) is 65.7 Å². The van der Waals surface area contributed by atoms with Crippen molar-refractivity contribution in [2.45, 2.75) is 12.5 Å². The van der Waals surface area contributed by atoms with Crippen molar-refractivity contribution in [2.24, 2.45) is 5.92 Å². The van der Waals surface area contributed by atoms with Crippen LogP contribution in [-0.2, 0) is 6.54 Å². The minimum absolute atomic E-state index is 0.705. The van der Waals surface area contributed by atoms with Crippen molar-refractivity contribution in [1.29, 1.82) is 0 Å². The highest BCUT2D eigenvalue weighted by atomic mass is 15.2. The molecule has 1 saturated heterocycles. The van der Waals surface area contributed by atoms with Gasteiger partial charge >= 0.3 is 0 Å². The van der Waals surface area contributed by atoms with Crippen LogP contribution in [0.5, 0.6) is 0 Å². The maximum absolute atomic E-state index is 3.59. The van der Waals surface area contributed by atoms with E-state index in [2.05, 4.69) is 64.8 Å². The number of para-hydroxylation sites is 1. The Hall–Kier alpha value is -1.80. The van der Waals surface area contributed by atoms with Crippen molar-refractivity contribution >= 4 is 5.69 Å². The van der Waals surface area contributed by atoms with Crippen LogP contribution in [0.2, 0.25) is 0 Å². The van der Waals surface area contributed by atoms with Gasteiger partial charge in [-0.3, -0.25) is 4.90 Å². The fourth-order valence-corrected chi connectivity index (χ4v) is 3.71. The van der Waals surface area contributed by atoms with Gasteiger partial charge in [0.2, 0.25) is 0 Å². The summed E-state index contributed by atoms with van der Waals surface area (Å²) in [5.41, 5.74) is 4.28. The molecule has 0 aromatic heterocycles. The third-order valence-electron chi connectivity index (χ3n) is 4.68. The average Bonchev–Trinajstić information content (AvgIpc) is 2.91. The zero-order valence-corrected chi connectivity index (χ0v) is 11.6. The van der Waals surface area contributed by atoms with E-state index >= 15 is 0 Å². The first-order valence-corrected chi connectivity index (χ1v) is 7.49. The van der Waals surface area contributed by atoms with E-state index in [1.807, 2.05) is 0 Å². The van der Waals surface area contributed by atoms with Crippen molar-refractivity contribution in [1.82, 2.24) is 4.90 Å². The summed E-state index contributed by atoms with van der Waals surface area (Å²) in [5, 5.41) is 3.59. The van der Waals surface area contributed by atoms with Crippen molar-refractivity contribution in [2.75, 3.05) is 25.0 Å². The van der Waals surface area contributed by atoms with Crippen molar-refractivity contribution in [3.63, 3.8) is 0 Å². The highest BCUT2D eigenvalue weighted by Crippen LogP contribution is 2.40. The number of hydrogen-bond donors (Lipinski definition) is 1. The van der Waals surface area contributed by atoms with Crippen LogP contribution in [0.1, 0.15) is 17.0 Å². The highest BCUT2D eigenvalue weighted by Gasteiger charge is 2.37. The summed E-state index contributed by atoms with van der Waals surface area (Å²) in [5.74, 6) is 1.46. The molecule has 2 atom stereocenters. The number of benzene rings is 2. The molecule has 1 N–H and O–H groups in total. The Morgan fingerprint density at radius 3 is 2.65 bits per heavy atom. The van der Waals surface area contributed by atoms with E-state index in [4.69, 9.17) is 0 Å². The van der Waals surface area contributed by atoms with E-state index in [1.165, 1.54) is 29.9 Å². The molecular weight excluding hydrogens is 244 g/mol. The molecule has 0 unspecified atom stereocenters. The van der Waals surface area contributed by atoms with Gasteiger partial charge in [-0.2, -0.15) is 0 Å². The number of nitrogens with zero attached hydrogens (tertiary/aromatic N) is 1. The van der Waals surface area contributed by atoms with Gasteiger partial charge in [0, 0.05) is 37.8 Å². The third-order valence-corrected chi connectivity index (χ3v) is 4.68. The second-order valence-electron chi connectivity index (χ2n) is 6.01. The van der Waals surface area contributed by atoms with E-state index in [9.17, 15) is 0 Å². The summed E-state index contributed by atoms with van der Waals surface area (Å²) in [7, 11) is 0. The zero-order chi connectivity index (χ0) is 13.4. The molecule has 20 heavy (non-hydrogen) atoms. The Morgan fingerprint density at radius 2 is 1.75 bits per heavy atom. The smallest absolute Gasteiger partial charge is 0.0376 e. The van der Waals surface area contributed by atoms with Gasteiger partial charge in [0.15, 0.2) is 0 Å². The normalized spacial score (nSPS) is 24.8. The quantitative estimate of drug-likeness (QED) is 0.895. The molecule has 0 radical (unpaired) electrons. The van der Waals surface area contributed by atoms with Gasteiger partial charge in [-0.25, -0.2) is 0 Å². The molecule has 0 saturated carbocycles. The number of rotatable bonds is 2. The molecule has 2 heteroatoms. The van der Waals surface area contributed by atoms with Crippen LogP contribution in [0.25, 0.3) is 0 Å². The minimum Gasteiger partial charge on any atom is -0.384 e. The van der Waals surface area contributed by atoms with Gasteiger partial charge in [0.05, 0.1) is 0 Å². The van der Waals surface area contributed by atoms with E-state index in [0.717, 1.165) is 19.0 Å². The van der Waals surface area contributed by atoms with Crippen LogP contribution in [0.3, 0.4) is 0 Å². The summed E-state index contributed by atoms with van der Waals surface area (Å²) < 4.78 is 0. The van der Waals surface area contributed by atoms with Crippen LogP contribution in [0.15, 0.2) is 54.6 Å². The topological polar surface area (TPSA) is 15.3 Å². The van der Waals surface area contributed by atoms with E-state index < -0.39 is 0 Å². The maximum Gasteiger partial charge on any atom is 0.0376 e. The monoisotopic (exact) mass is 264 g/mol. The van der Waals surface area contributed by atoms with Gasteiger partial charge in [0.25, 0.3) is 0 Å². The van der Waals surface area contributed by atoms with Gasteiger partial charge in [0.1, 0.15) is 0 Å². The van der Waals surface area contributed by atoms with Crippen LogP contribution >= 0.6 is 0 Å². The standard InChI is InChI=1S/C18H20N2/c1-2-6-14(7-3-1)11-20-12-15-10-19-18-9-5-4-8-16(18)17(15)13-20/h1-9,15,17,19H,10-13H2/t15-,17-/m1/s1. The molecule has 2 aromatic rings. The number of anilines is 1. The SMILES string of the molecule is c1ccc(CN2C[C@H]3CNc4ccccc4[C@@H]3C2)cc1. The van der Waals surface area contributed by atoms with Gasteiger partial charge in [-0.05, 0) is 23.1 Å². The van der Waals surface area contributed by atoms with Crippen LogP contribution in [0.4, 0.5) is 5.69 Å². The Morgan fingerprint density at radius 1 is 0.950 bits per heavy atom. The molecular formula is C18H20N2. The molecule has 1 fully saturated rings. The molecule has 0 bridgehead atoms. The van der Waals surface area contributed by atoms with Crippen LogP contribution < -0.4 is 5.32 Å². The average molecular weight is 264 g/mol. The predicted octanol–water partition coefficient (Wildman–Crippen LogP) is 3.33. The predicted molar refractivity (Wildman–Crippen MR) is 82.9 cm³/mol. The first-order chi connectivity index (χ1) is 9.90. The molecule has 0 aliphatic carbocycles. The molecule has 2 heterocycles. The lowest BCUT2D eigenvalue weighted by molar-refractivity contribution is 0.318. The Bertz CT molecular complexity index is 593. The van der Waals surface area contributed by atoms with Crippen LogP contribution in [0, 0.1) is 5.92 Å². The maximum atomic E-state index is 3.59. The number of fused-ring (bicyclic) bond motifs is 3. The molecule has 0 spiro atoms. The van der Waals surface area contributed by atoms with E-state index in [-0.39, 0.29) is 0 Å². The van der Waals surface area contributed by atoms with E-state index in [1.54, 1.807) is 0 Å². The lowest BCUT2D eigenvalue weighted by Crippen LogP contribution is -2.26. The summed E-state index contributed by atoms with van der Waals surface area (Å²) >= 11 is 0. The molecule has 0 amide bonds. The Balaban J connectivity index is 1.53. The molecule has 2 aliphatic rings. The summed E-state index contributed by atoms with van der Waals surface area (Å²) in [6.07, 6.45) is 0. The second kappa shape index (κ2) is 4.95. The second-order valence-corrected chi connectivity index (χ2v) is 6.01. The molecule has 2 aromatic carbocycles. The summed E-state index contributed by atoms with van der Waals surface area (Å²) in [6, 6.07) is 19.6. The Kier molecular flexibility index (Phi) is 2.96. The number of nitrogens with one attached hydrogen (secondary N) is 1. The van der Waals surface area contributed by atoms with Gasteiger partial charge in [-0.1, -0.05) is 48.5 Å². The largest absolute Gasteiger partial charge is 0.384 e. The summed E-state index contributed by atoms with van der Waals surface area (Å²) in [6.45, 7) is 4.60. The lowest BCUT2D eigenvalue weighted by Gasteiger charge is -2.28. The van der Waals surface area contributed by atoms with Gasteiger partial charge in [-0.15, -0.1) is 0 Å². The number of hydrogen-bond acceptors (Lipinski definition) is 2. The molecule has 2 aliphatic heterocycles. The highest BCUT2D eigenvalue weighted by molar-refractivity contribution is 5.55. The number of likely N-dealkylation sites (tertiary alicyclic amines) is 1. The fraction of sp³-hybridized carbons (Fsp3) is 0.333. The molecule has 2 nitrogen and oxygen atoms in total. The van der Waals surface area contributed by atoms with Crippen molar-refractivity contribution < 1.29 is 0 Å². The zero-order valence-electron chi connectivity index (χ0n) is 11.6. The summed E-state index contributed by atoms with van der Waals surface area (Å²) in [4.78, 5) is 2.61. The minimum atomic E-state index is 0.705. The van der Waals surface area contributed by atoms with Crippen molar-refractivity contribution in [3.8, 4) is 0 Å². The molecule has 4 rings (SSSR count). The van der Waals surface area contributed by atoms with Gasteiger partial charge < -0.3 is 5.32 Å². The first-order valence-electron chi connectivity index (χ1n) is 7.49. The Labute approximate surface area is 120 Å². The third kappa shape index (κ3) is 2.10.